The molecule has 0 unspecified atom stereocenters. The number of rotatable bonds is 4. The maximum atomic E-state index is 5.62. The highest BCUT2D eigenvalue weighted by Gasteiger charge is 2.01. The Kier molecular flexibility index (Phi) is 3.67. The van der Waals surface area contributed by atoms with Crippen LogP contribution in [0.3, 0.4) is 0 Å². The van der Waals surface area contributed by atoms with E-state index < -0.39 is 0 Å². The van der Waals surface area contributed by atoms with E-state index in [1.54, 1.807) is 0 Å². The average molecular weight is 280 g/mol. The molecule has 0 atom stereocenters. The SMILES string of the molecule is CCc1ccc(CNc2ccccc2Br)o1. The number of benzene rings is 1. The monoisotopic (exact) mass is 279 g/mol. The number of halogens is 1. The maximum absolute atomic E-state index is 5.62. The number of aryl methyl sites for hydroxylation is 1. The first-order chi connectivity index (χ1) is 7.79. The third kappa shape index (κ3) is 2.67. The van der Waals surface area contributed by atoms with Crippen molar-refractivity contribution in [2.75, 3.05) is 5.32 Å². The zero-order valence-corrected chi connectivity index (χ0v) is 10.8. The molecule has 2 nitrogen and oxygen atoms in total. The van der Waals surface area contributed by atoms with Crippen molar-refractivity contribution in [1.82, 2.24) is 0 Å². The molecule has 2 aromatic rings. The molecule has 2 rings (SSSR count). The summed E-state index contributed by atoms with van der Waals surface area (Å²) in [6.07, 6.45) is 0.940. The lowest BCUT2D eigenvalue weighted by molar-refractivity contribution is 0.476. The molecule has 1 aromatic heterocycles. The zero-order valence-electron chi connectivity index (χ0n) is 9.16. The molecule has 0 aliphatic heterocycles. The Morgan fingerprint density at radius 2 is 1.88 bits per heavy atom. The van der Waals surface area contributed by atoms with Crippen LogP contribution in [0.25, 0.3) is 0 Å². The first-order valence-electron chi connectivity index (χ1n) is 5.35. The van der Waals surface area contributed by atoms with Crippen LogP contribution in [-0.2, 0) is 13.0 Å². The second-order valence-electron chi connectivity index (χ2n) is 3.55. The summed E-state index contributed by atoms with van der Waals surface area (Å²) in [5.74, 6) is 2.00. The Morgan fingerprint density at radius 1 is 1.12 bits per heavy atom. The minimum atomic E-state index is 0.711. The van der Waals surface area contributed by atoms with E-state index in [1.165, 1.54) is 0 Å². The highest BCUT2D eigenvalue weighted by atomic mass is 79.9. The standard InChI is InChI=1S/C13H14BrNO/c1-2-10-7-8-11(16-10)9-15-13-6-4-3-5-12(13)14/h3-8,15H,2,9H2,1H3. The van der Waals surface area contributed by atoms with Gasteiger partial charge in [0, 0.05) is 16.6 Å². The van der Waals surface area contributed by atoms with Crippen molar-refractivity contribution in [3.63, 3.8) is 0 Å². The van der Waals surface area contributed by atoms with Gasteiger partial charge in [-0.1, -0.05) is 19.1 Å². The molecule has 0 radical (unpaired) electrons. The van der Waals surface area contributed by atoms with E-state index in [0.29, 0.717) is 6.54 Å². The molecule has 0 saturated heterocycles. The minimum absolute atomic E-state index is 0.711. The van der Waals surface area contributed by atoms with Gasteiger partial charge in [0.05, 0.1) is 6.54 Å². The molecule has 0 aliphatic rings. The minimum Gasteiger partial charge on any atom is -0.464 e. The first kappa shape index (κ1) is 11.3. The summed E-state index contributed by atoms with van der Waals surface area (Å²) < 4.78 is 6.68. The summed E-state index contributed by atoms with van der Waals surface area (Å²) in [5.41, 5.74) is 1.08. The Morgan fingerprint density at radius 3 is 2.56 bits per heavy atom. The van der Waals surface area contributed by atoms with E-state index in [2.05, 4.69) is 28.2 Å². The summed E-state index contributed by atoms with van der Waals surface area (Å²) in [6, 6.07) is 12.1. The van der Waals surface area contributed by atoms with E-state index >= 15 is 0 Å². The fourth-order valence-corrected chi connectivity index (χ4v) is 1.92. The molecule has 0 spiro atoms. The van der Waals surface area contributed by atoms with Crippen LogP contribution in [0.15, 0.2) is 45.3 Å². The van der Waals surface area contributed by atoms with Crippen molar-refractivity contribution in [2.24, 2.45) is 0 Å². The summed E-state index contributed by atoms with van der Waals surface area (Å²) in [6.45, 7) is 2.80. The second-order valence-corrected chi connectivity index (χ2v) is 4.41. The van der Waals surface area contributed by atoms with Crippen LogP contribution in [0.2, 0.25) is 0 Å². The maximum Gasteiger partial charge on any atom is 0.123 e. The molecule has 1 aromatic carbocycles. The fraction of sp³-hybridized carbons (Fsp3) is 0.231. The summed E-state index contributed by atoms with van der Waals surface area (Å²) >= 11 is 3.50. The lowest BCUT2D eigenvalue weighted by atomic mass is 10.3. The van der Waals surface area contributed by atoms with E-state index in [9.17, 15) is 0 Å². The molecular formula is C13H14BrNO. The lowest BCUT2D eigenvalue weighted by Gasteiger charge is -2.06. The molecule has 16 heavy (non-hydrogen) atoms. The largest absolute Gasteiger partial charge is 0.464 e. The van der Waals surface area contributed by atoms with Crippen molar-refractivity contribution < 1.29 is 4.42 Å². The zero-order chi connectivity index (χ0) is 11.4. The van der Waals surface area contributed by atoms with Gasteiger partial charge < -0.3 is 9.73 Å². The van der Waals surface area contributed by atoms with Gasteiger partial charge in [0.1, 0.15) is 11.5 Å². The molecule has 3 heteroatoms. The van der Waals surface area contributed by atoms with Gasteiger partial charge >= 0.3 is 0 Å². The van der Waals surface area contributed by atoms with Crippen molar-refractivity contribution in [3.05, 3.63) is 52.4 Å². The van der Waals surface area contributed by atoms with Crippen molar-refractivity contribution in [1.29, 1.82) is 0 Å². The second kappa shape index (κ2) is 5.21. The number of para-hydroxylation sites is 1. The van der Waals surface area contributed by atoms with Crippen molar-refractivity contribution >= 4 is 21.6 Å². The quantitative estimate of drug-likeness (QED) is 0.907. The molecule has 1 N–H and O–H groups in total. The van der Waals surface area contributed by atoms with Gasteiger partial charge in [0.25, 0.3) is 0 Å². The average Bonchev–Trinajstić information content (AvgIpc) is 2.76. The molecule has 0 amide bonds. The van der Waals surface area contributed by atoms with Crippen LogP contribution in [0.4, 0.5) is 5.69 Å². The third-order valence-corrected chi connectivity index (χ3v) is 3.08. The van der Waals surface area contributed by atoms with Gasteiger partial charge in [-0.15, -0.1) is 0 Å². The van der Waals surface area contributed by atoms with E-state index in [0.717, 1.165) is 28.1 Å². The van der Waals surface area contributed by atoms with E-state index in [4.69, 9.17) is 4.42 Å². The Hall–Kier alpha value is -1.22. The molecule has 1 heterocycles. The predicted molar refractivity (Wildman–Crippen MR) is 69.6 cm³/mol. The number of hydrogen-bond acceptors (Lipinski definition) is 2. The Labute approximate surface area is 104 Å². The van der Waals surface area contributed by atoms with Crippen LogP contribution in [0.1, 0.15) is 18.4 Å². The van der Waals surface area contributed by atoms with Crippen LogP contribution < -0.4 is 5.32 Å². The first-order valence-corrected chi connectivity index (χ1v) is 6.15. The topological polar surface area (TPSA) is 25.2 Å². The van der Waals surface area contributed by atoms with Crippen LogP contribution in [-0.4, -0.2) is 0 Å². The lowest BCUT2D eigenvalue weighted by Crippen LogP contribution is -1.98. The predicted octanol–water partition coefficient (Wildman–Crippen LogP) is 4.22. The summed E-state index contributed by atoms with van der Waals surface area (Å²) in [5, 5.41) is 3.33. The van der Waals surface area contributed by atoms with Gasteiger partial charge in [-0.2, -0.15) is 0 Å². The normalized spacial score (nSPS) is 10.4. The van der Waals surface area contributed by atoms with Gasteiger partial charge in [-0.25, -0.2) is 0 Å². The summed E-state index contributed by atoms with van der Waals surface area (Å²) in [7, 11) is 0. The van der Waals surface area contributed by atoms with E-state index in [-0.39, 0.29) is 0 Å². The third-order valence-electron chi connectivity index (χ3n) is 2.39. The van der Waals surface area contributed by atoms with Crippen LogP contribution >= 0.6 is 15.9 Å². The number of furan rings is 1. The summed E-state index contributed by atoms with van der Waals surface area (Å²) in [4.78, 5) is 0. The Bertz CT molecular complexity index is 464. The molecular weight excluding hydrogens is 266 g/mol. The van der Waals surface area contributed by atoms with Gasteiger partial charge in [-0.05, 0) is 40.2 Å². The number of hydrogen-bond donors (Lipinski definition) is 1. The highest BCUT2D eigenvalue weighted by molar-refractivity contribution is 9.10. The van der Waals surface area contributed by atoms with Crippen LogP contribution in [0, 0.1) is 0 Å². The smallest absolute Gasteiger partial charge is 0.123 e. The molecule has 84 valence electrons. The number of anilines is 1. The van der Waals surface area contributed by atoms with Crippen molar-refractivity contribution in [2.45, 2.75) is 19.9 Å². The molecule has 0 bridgehead atoms. The number of nitrogens with one attached hydrogen (secondary N) is 1. The highest BCUT2D eigenvalue weighted by Crippen LogP contribution is 2.22. The molecule has 0 fully saturated rings. The molecule has 0 aliphatic carbocycles. The fourth-order valence-electron chi connectivity index (χ4n) is 1.49. The van der Waals surface area contributed by atoms with Crippen LogP contribution in [0.5, 0.6) is 0 Å². The Balaban J connectivity index is 1.99. The van der Waals surface area contributed by atoms with Gasteiger partial charge in [0.15, 0.2) is 0 Å². The van der Waals surface area contributed by atoms with Crippen molar-refractivity contribution in [3.8, 4) is 0 Å². The van der Waals surface area contributed by atoms with Gasteiger partial charge in [-0.3, -0.25) is 0 Å². The van der Waals surface area contributed by atoms with Gasteiger partial charge in [0.2, 0.25) is 0 Å². The van der Waals surface area contributed by atoms with E-state index in [1.807, 2.05) is 36.4 Å². The molecule has 0 saturated carbocycles.